The van der Waals surface area contributed by atoms with E-state index in [0.717, 1.165) is 32.6 Å². The Labute approximate surface area is 248 Å². The van der Waals surface area contributed by atoms with Crippen LogP contribution in [0.15, 0.2) is 77.7 Å². The van der Waals surface area contributed by atoms with Crippen LogP contribution in [0, 0.1) is 19.8 Å². The van der Waals surface area contributed by atoms with Crippen molar-refractivity contribution in [1.82, 2.24) is 9.97 Å². The number of hydrogen-bond acceptors (Lipinski definition) is 4. The molecule has 1 atom stereocenters. The first-order valence-electron chi connectivity index (χ1n) is 14.2. The fourth-order valence-electron chi connectivity index (χ4n) is 3.44. The Bertz CT molecular complexity index is 1120. The molecule has 0 saturated heterocycles. The molecule has 0 unspecified atom stereocenters. The quantitative estimate of drug-likeness (QED) is 0.219. The van der Waals surface area contributed by atoms with Crippen LogP contribution in [0.1, 0.15) is 83.0 Å². The maximum atomic E-state index is 5.61. The summed E-state index contributed by atoms with van der Waals surface area (Å²) in [6.45, 7) is 13.1. The number of para-hydroxylation sites is 2. The Morgan fingerprint density at radius 1 is 0.795 bits per heavy atom. The fraction of sp³-hybridized carbons (Fsp3) is 0.412. The normalized spacial score (nSPS) is 10.8. The molecule has 2 N–H and O–H groups in total. The number of nitrogens with zero attached hydrogens (tertiary/aromatic N) is 2. The highest BCUT2D eigenvalue weighted by Gasteiger charge is 1.99. The predicted octanol–water partition coefficient (Wildman–Crippen LogP) is 10.7. The molecule has 0 aliphatic rings. The Morgan fingerprint density at radius 2 is 1.36 bits per heavy atom. The Hall–Kier alpha value is -2.56. The van der Waals surface area contributed by atoms with E-state index < -0.39 is 0 Å². The third-order valence-electron chi connectivity index (χ3n) is 6.30. The molecule has 0 aliphatic carbocycles. The summed E-state index contributed by atoms with van der Waals surface area (Å²) >= 11 is 9.65. The average molecular weight is 566 g/mol. The van der Waals surface area contributed by atoms with Gasteiger partial charge in [0, 0.05) is 9.92 Å². The smallest absolute Gasteiger partial charge is 0.145 e. The standard InChI is InChI=1S/C11H16.C9H9N3.C8H18.C6H5ClS/c1-3-4-5-11-8-6-10(2)7-9-11;1-6-9(10)12-8-5-3-2-4-7(8)11-6;1-4-6-7-8(3)5-2;7-5-1-3-6(8)4-2-5/h6-9H,3-5H2,1-2H3;2-5H,1H3,(H2,10,12);8H,4-7H2,1-3H3;1-4,8H/t;;8-;/m..1./s1. The number of nitrogens with two attached hydrogens (primary N) is 1. The molecule has 0 fully saturated rings. The van der Waals surface area contributed by atoms with Gasteiger partial charge < -0.3 is 5.73 Å². The molecule has 3 aromatic carbocycles. The van der Waals surface area contributed by atoms with Crippen LogP contribution in [-0.4, -0.2) is 9.97 Å². The van der Waals surface area contributed by atoms with Crippen LogP contribution in [-0.2, 0) is 6.42 Å². The second-order valence-corrected chi connectivity index (χ2v) is 10.9. The zero-order valence-corrected chi connectivity index (χ0v) is 26.4. The molecule has 1 aromatic heterocycles. The van der Waals surface area contributed by atoms with Crippen molar-refractivity contribution in [3.63, 3.8) is 0 Å². The monoisotopic (exact) mass is 565 g/mol. The van der Waals surface area contributed by atoms with Crippen molar-refractivity contribution in [3.05, 3.63) is 94.6 Å². The molecule has 0 radical (unpaired) electrons. The van der Waals surface area contributed by atoms with E-state index in [1.165, 1.54) is 56.1 Å². The average Bonchev–Trinajstić information content (AvgIpc) is 2.94. The maximum absolute atomic E-state index is 5.61. The molecular formula is C34H48ClN3S. The van der Waals surface area contributed by atoms with Crippen molar-refractivity contribution in [2.75, 3.05) is 5.73 Å². The fourth-order valence-corrected chi connectivity index (χ4v) is 3.71. The van der Waals surface area contributed by atoms with E-state index in [4.69, 9.17) is 17.3 Å². The van der Waals surface area contributed by atoms with Gasteiger partial charge in [0.15, 0.2) is 0 Å². The zero-order chi connectivity index (χ0) is 29.0. The lowest BCUT2D eigenvalue weighted by Gasteiger charge is -2.04. The minimum Gasteiger partial charge on any atom is -0.382 e. The lowest BCUT2D eigenvalue weighted by molar-refractivity contribution is 0.492. The van der Waals surface area contributed by atoms with E-state index in [1.54, 1.807) is 0 Å². The Morgan fingerprint density at radius 3 is 1.87 bits per heavy atom. The van der Waals surface area contributed by atoms with Crippen LogP contribution in [0.2, 0.25) is 5.02 Å². The molecule has 39 heavy (non-hydrogen) atoms. The van der Waals surface area contributed by atoms with Gasteiger partial charge in [-0.2, -0.15) is 0 Å². The maximum Gasteiger partial charge on any atom is 0.145 e. The highest BCUT2D eigenvalue weighted by molar-refractivity contribution is 7.80. The number of fused-ring (bicyclic) bond motifs is 1. The zero-order valence-electron chi connectivity index (χ0n) is 24.8. The molecule has 0 spiro atoms. The molecule has 3 nitrogen and oxygen atoms in total. The summed E-state index contributed by atoms with van der Waals surface area (Å²) in [5.74, 6) is 1.46. The molecule has 212 valence electrons. The minimum atomic E-state index is 0.508. The Kier molecular flexibility index (Phi) is 18.0. The van der Waals surface area contributed by atoms with Gasteiger partial charge in [0.2, 0.25) is 0 Å². The molecule has 1 heterocycles. The van der Waals surface area contributed by atoms with E-state index in [1.807, 2.05) is 55.5 Å². The van der Waals surface area contributed by atoms with Crippen LogP contribution < -0.4 is 5.73 Å². The van der Waals surface area contributed by atoms with Crippen molar-refractivity contribution in [1.29, 1.82) is 0 Å². The number of halogens is 1. The summed E-state index contributed by atoms with van der Waals surface area (Å²) < 4.78 is 0. The summed E-state index contributed by atoms with van der Waals surface area (Å²) in [6.07, 6.45) is 9.36. The summed E-state index contributed by atoms with van der Waals surface area (Å²) in [4.78, 5) is 9.42. The van der Waals surface area contributed by atoms with Crippen molar-refractivity contribution in [2.24, 2.45) is 5.92 Å². The van der Waals surface area contributed by atoms with Crippen molar-refractivity contribution >= 4 is 41.1 Å². The van der Waals surface area contributed by atoms with Crippen LogP contribution in [0.4, 0.5) is 5.82 Å². The summed E-state index contributed by atoms with van der Waals surface area (Å²) in [6, 6.07) is 23.8. The minimum absolute atomic E-state index is 0.508. The van der Waals surface area contributed by atoms with Gasteiger partial charge in [-0.05, 0) is 74.6 Å². The van der Waals surface area contributed by atoms with E-state index in [9.17, 15) is 0 Å². The SMILES string of the molecule is CCCC[C@H](C)CC.CCCCc1ccc(C)cc1.Cc1nc2ccccc2nc1N.Sc1ccc(Cl)cc1. The number of aryl methyl sites for hydroxylation is 3. The van der Waals surface area contributed by atoms with Gasteiger partial charge in [-0.1, -0.05) is 113 Å². The molecule has 5 heteroatoms. The Balaban J connectivity index is 0.000000265. The number of nitrogen functional groups attached to an aromatic ring is 1. The van der Waals surface area contributed by atoms with Crippen LogP contribution in [0.5, 0.6) is 0 Å². The van der Waals surface area contributed by atoms with Gasteiger partial charge in [0.05, 0.1) is 16.7 Å². The van der Waals surface area contributed by atoms with Gasteiger partial charge >= 0.3 is 0 Å². The van der Waals surface area contributed by atoms with Crippen LogP contribution in [0.25, 0.3) is 11.0 Å². The number of benzene rings is 3. The molecule has 0 aliphatic heterocycles. The number of thiol groups is 1. The third kappa shape index (κ3) is 15.6. The number of anilines is 1. The highest BCUT2D eigenvalue weighted by atomic mass is 35.5. The predicted molar refractivity (Wildman–Crippen MR) is 176 cm³/mol. The van der Waals surface area contributed by atoms with Crippen molar-refractivity contribution in [3.8, 4) is 0 Å². The molecule has 4 aromatic rings. The largest absolute Gasteiger partial charge is 0.382 e. The topological polar surface area (TPSA) is 51.8 Å². The number of rotatable bonds is 7. The lowest BCUT2D eigenvalue weighted by atomic mass is 10.0. The number of aromatic nitrogens is 2. The molecule has 0 amide bonds. The van der Waals surface area contributed by atoms with E-state index in [0.29, 0.717) is 5.82 Å². The van der Waals surface area contributed by atoms with Gasteiger partial charge in [-0.15, -0.1) is 12.6 Å². The van der Waals surface area contributed by atoms with Gasteiger partial charge in [-0.25, -0.2) is 9.97 Å². The summed E-state index contributed by atoms with van der Waals surface area (Å²) in [5, 5.41) is 0.753. The molecule has 0 saturated carbocycles. The van der Waals surface area contributed by atoms with Gasteiger partial charge in [-0.3, -0.25) is 0 Å². The van der Waals surface area contributed by atoms with Crippen LogP contribution >= 0.6 is 24.2 Å². The first kappa shape index (κ1) is 34.5. The van der Waals surface area contributed by atoms with E-state index >= 15 is 0 Å². The first-order valence-corrected chi connectivity index (χ1v) is 15.0. The highest BCUT2D eigenvalue weighted by Crippen LogP contribution is 2.13. The first-order chi connectivity index (χ1) is 18.7. The third-order valence-corrected chi connectivity index (χ3v) is 6.85. The summed E-state index contributed by atoms with van der Waals surface area (Å²) in [5.41, 5.74) is 11.0. The number of unbranched alkanes of at least 4 members (excludes halogenated alkanes) is 2. The van der Waals surface area contributed by atoms with Crippen LogP contribution in [0.3, 0.4) is 0 Å². The second-order valence-electron chi connectivity index (χ2n) is 9.90. The van der Waals surface area contributed by atoms with Crippen molar-refractivity contribution in [2.45, 2.75) is 91.4 Å². The lowest BCUT2D eigenvalue weighted by Crippen LogP contribution is -1.97. The van der Waals surface area contributed by atoms with E-state index in [-0.39, 0.29) is 0 Å². The number of hydrogen-bond donors (Lipinski definition) is 2. The summed E-state index contributed by atoms with van der Waals surface area (Å²) in [7, 11) is 0. The molecular weight excluding hydrogens is 518 g/mol. The molecule has 4 rings (SSSR count). The van der Waals surface area contributed by atoms with Gasteiger partial charge in [0.1, 0.15) is 5.82 Å². The molecule has 0 bridgehead atoms. The van der Waals surface area contributed by atoms with Crippen molar-refractivity contribution < 1.29 is 0 Å². The van der Waals surface area contributed by atoms with Gasteiger partial charge in [0.25, 0.3) is 0 Å². The second kappa shape index (κ2) is 20.4. The van der Waals surface area contributed by atoms with E-state index in [2.05, 4.69) is 81.5 Å².